The van der Waals surface area contributed by atoms with Crippen LogP contribution in [0.1, 0.15) is 22.3 Å². The Bertz CT molecular complexity index is 1010. The molecule has 2 aromatic rings. The molecular weight excluding hydrogens is 386 g/mol. The van der Waals surface area contributed by atoms with E-state index in [2.05, 4.69) is 5.32 Å². The van der Waals surface area contributed by atoms with Crippen molar-refractivity contribution in [1.82, 2.24) is 9.21 Å². The Hall–Kier alpha value is -2.22. The number of nitrogens with zero attached hydrogens (tertiary/aromatic N) is 2. The molecule has 1 aliphatic heterocycles. The number of hydrogen-bond donors (Lipinski definition) is 1. The summed E-state index contributed by atoms with van der Waals surface area (Å²) in [5.41, 5.74) is 4.98. The van der Waals surface area contributed by atoms with Crippen LogP contribution in [-0.4, -0.2) is 56.3 Å². The third-order valence-corrected chi connectivity index (χ3v) is 7.38. The summed E-state index contributed by atoms with van der Waals surface area (Å²) >= 11 is 0. The van der Waals surface area contributed by atoms with Crippen molar-refractivity contribution in [2.45, 2.75) is 32.6 Å². The fraction of sp³-hybridized carbons (Fsp3) is 0.409. The maximum Gasteiger partial charge on any atom is 0.243 e. The summed E-state index contributed by atoms with van der Waals surface area (Å²) < 4.78 is 27.3. The van der Waals surface area contributed by atoms with Gasteiger partial charge in [-0.3, -0.25) is 9.69 Å². The minimum atomic E-state index is -3.51. The van der Waals surface area contributed by atoms with Crippen LogP contribution in [0.5, 0.6) is 0 Å². The monoisotopic (exact) mass is 415 g/mol. The summed E-state index contributed by atoms with van der Waals surface area (Å²) in [5.74, 6) is -0.0795. The van der Waals surface area contributed by atoms with Gasteiger partial charge >= 0.3 is 0 Å². The van der Waals surface area contributed by atoms with Crippen LogP contribution in [0.3, 0.4) is 0 Å². The summed E-state index contributed by atoms with van der Waals surface area (Å²) in [6.07, 6.45) is 0. The lowest BCUT2D eigenvalue weighted by Gasteiger charge is -2.33. The smallest absolute Gasteiger partial charge is 0.243 e. The highest BCUT2D eigenvalue weighted by atomic mass is 32.2. The minimum absolute atomic E-state index is 0.0795. The molecule has 0 atom stereocenters. The Kier molecular flexibility index (Phi) is 6.41. The second-order valence-corrected chi connectivity index (χ2v) is 9.73. The summed E-state index contributed by atoms with van der Waals surface area (Å²) in [6.45, 7) is 9.92. The highest BCUT2D eigenvalue weighted by Crippen LogP contribution is 2.21. The lowest BCUT2D eigenvalue weighted by atomic mass is 10.1. The molecule has 1 heterocycles. The van der Waals surface area contributed by atoms with Crippen LogP contribution >= 0.6 is 0 Å². The van der Waals surface area contributed by atoms with Gasteiger partial charge in [0.2, 0.25) is 15.9 Å². The van der Waals surface area contributed by atoms with Gasteiger partial charge in [0.25, 0.3) is 0 Å². The predicted molar refractivity (Wildman–Crippen MR) is 116 cm³/mol. The number of rotatable bonds is 5. The highest BCUT2D eigenvalue weighted by molar-refractivity contribution is 7.89. The van der Waals surface area contributed by atoms with Gasteiger partial charge in [0.1, 0.15) is 0 Å². The Morgan fingerprint density at radius 3 is 2.21 bits per heavy atom. The van der Waals surface area contributed by atoms with Crippen molar-refractivity contribution in [3.8, 4) is 0 Å². The Labute approximate surface area is 173 Å². The molecule has 0 spiro atoms. The Balaban J connectivity index is 1.58. The maximum absolute atomic E-state index is 12.9. The van der Waals surface area contributed by atoms with Crippen molar-refractivity contribution in [1.29, 1.82) is 0 Å². The molecule has 7 heteroatoms. The van der Waals surface area contributed by atoms with E-state index in [-0.39, 0.29) is 12.5 Å². The van der Waals surface area contributed by atoms with Gasteiger partial charge in [-0.15, -0.1) is 0 Å². The van der Waals surface area contributed by atoms with Crippen LogP contribution in [0, 0.1) is 27.7 Å². The van der Waals surface area contributed by atoms with E-state index in [1.165, 1.54) is 4.31 Å². The molecule has 0 aliphatic carbocycles. The van der Waals surface area contributed by atoms with Gasteiger partial charge in [-0.05, 0) is 68.1 Å². The number of carbonyl (C=O) groups is 1. The van der Waals surface area contributed by atoms with Crippen molar-refractivity contribution in [2.75, 3.05) is 38.0 Å². The molecule has 29 heavy (non-hydrogen) atoms. The van der Waals surface area contributed by atoms with Gasteiger partial charge in [-0.2, -0.15) is 4.31 Å². The van der Waals surface area contributed by atoms with E-state index < -0.39 is 10.0 Å². The van der Waals surface area contributed by atoms with Crippen LogP contribution < -0.4 is 5.32 Å². The van der Waals surface area contributed by atoms with Crippen molar-refractivity contribution < 1.29 is 13.2 Å². The van der Waals surface area contributed by atoms with Gasteiger partial charge in [0.15, 0.2) is 0 Å². The van der Waals surface area contributed by atoms with Crippen LogP contribution in [-0.2, 0) is 14.8 Å². The summed E-state index contributed by atoms with van der Waals surface area (Å²) in [4.78, 5) is 14.8. The Morgan fingerprint density at radius 1 is 0.897 bits per heavy atom. The molecule has 1 amide bonds. The molecule has 1 N–H and O–H groups in total. The number of benzene rings is 2. The number of nitrogens with one attached hydrogen (secondary N) is 1. The average molecular weight is 416 g/mol. The topological polar surface area (TPSA) is 69.7 Å². The largest absolute Gasteiger partial charge is 0.325 e. The summed E-state index contributed by atoms with van der Waals surface area (Å²) in [5, 5.41) is 2.96. The molecule has 1 fully saturated rings. The first-order valence-corrected chi connectivity index (χ1v) is 11.3. The zero-order valence-corrected chi connectivity index (χ0v) is 18.3. The van der Waals surface area contributed by atoms with E-state index in [0.29, 0.717) is 31.1 Å². The van der Waals surface area contributed by atoms with Crippen molar-refractivity contribution in [2.24, 2.45) is 0 Å². The number of hydrogen-bond acceptors (Lipinski definition) is 4. The van der Waals surface area contributed by atoms with Crippen LogP contribution in [0.4, 0.5) is 5.69 Å². The highest BCUT2D eigenvalue weighted by Gasteiger charge is 2.29. The molecule has 0 aromatic heterocycles. The van der Waals surface area contributed by atoms with E-state index in [1.54, 1.807) is 12.1 Å². The minimum Gasteiger partial charge on any atom is -0.325 e. The molecule has 0 radical (unpaired) electrons. The molecule has 0 saturated carbocycles. The first kappa shape index (κ1) is 21.5. The fourth-order valence-corrected chi connectivity index (χ4v) is 4.92. The maximum atomic E-state index is 12.9. The van der Waals surface area contributed by atoms with Gasteiger partial charge in [0.05, 0.1) is 11.4 Å². The van der Waals surface area contributed by atoms with Gasteiger partial charge in [0, 0.05) is 31.9 Å². The van der Waals surface area contributed by atoms with E-state index in [4.69, 9.17) is 0 Å². The van der Waals surface area contributed by atoms with E-state index in [9.17, 15) is 13.2 Å². The molecule has 1 saturated heterocycles. The molecule has 3 rings (SSSR count). The van der Waals surface area contributed by atoms with Gasteiger partial charge < -0.3 is 5.32 Å². The average Bonchev–Trinajstić information content (AvgIpc) is 2.67. The number of anilines is 1. The van der Waals surface area contributed by atoms with Crippen molar-refractivity contribution >= 4 is 21.6 Å². The lowest BCUT2D eigenvalue weighted by molar-refractivity contribution is -0.117. The molecule has 0 bridgehead atoms. The lowest BCUT2D eigenvalue weighted by Crippen LogP contribution is -2.50. The third-order valence-electron chi connectivity index (χ3n) is 5.48. The molecule has 156 valence electrons. The zero-order chi connectivity index (χ0) is 21.2. The van der Waals surface area contributed by atoms with Crippen LogP contribution in [0.2, 0.25) is 0 Å². The van der Waals surface area contributed by atoms with Crippen molar-refractivity contribution in [3.63, 3.8) is 0 Å². The van der Waals surface area contributed by atoms with Gasteiger partial charge in [-0.25, -0.2) is 8.42 Å². The van der Waals surface area contributed by atoms with Gasteiger partial charge in [-0.1, -0.05) is 18.2 Å². The van der Waals surface area contributed by atoms with E-state index >= 15 is 0 Å². The van der Waals surface area contributed by atoms with Crippen LogP contribution in [0.25, 0.3) is 0 Å². The molecule has 1 aliphatic rings. The number of sulfonamides is 1. The van der Waals surface area contributed by atoms with Crippen LogP contribution in [0.15, 0.2) is 41.3 Å². The Morgan fingerprint density at radius 2 is 1.55 bits per heavy atom. The second kappa shape index (κ2) is 8.65. The first-order valence-electron chi connectivity index (χ1n) is 9.83. The third kappa shape index (κ3) is 5.04. The molecule has 0 unspecified atom stereocenters. The second-order valence-electron chi connectivity index (χ2n) is 7.79. The predicted octanol–water partition coefficient (Wildman–Crippen LogP) is 2.87. The number of carbonyl (C=O) groups excluding carboxylic acids is 1. The number of aryl methyl sites for hydroxylation is 4. The normalized spacial score (nSPS) is 16.0. The molecular formula is C22H29N3O3S. The fourth-order valence-electron chi connectivity index (χ4n) is 3.41. The van der Waals surface area contributed by atoms with E-state index in [1.807, 2.05) is 56.9 Å². The van der Waals surface area contributed by atoms with Crippen molar-refractivity contribution in [3.05, 3.63) is 58.7 Å². The standard InChI is InChI=1S/C22H29N3O3S/c1-16-5-6-18(3)21(13-16)23-22(26)15-24-9-11-25(12-10-24)29(27,28)20-8-7-17(2)19(4)14-20/h5-8,13-14H,9-12,15H2,1-4H3,(H,23,26). The zero-order valence-electron chi connectivity index (χ0n) is 17.5. The summed E-state index contributed by atoms with van der Waals surface area (Å²) in [6, 6.07) is 11.2. The molecule has 6 nitrogen and oxygen atoms in total. The van der Waals surface area contributed by atoms with E-state index in [0.717, 1.165) is 27.9 Å². The summed E-state index contributed by atoms with van der Waals surface area (Å²) in [7, 11) is -3.51. The SMILES string of the molecule is Cc1ccc(C)c(NC(=O)CN2CCN(S(=O)(=O)c3ccc(C)c(C)c3)CC2)c1. The molecule has 2 aromatic carbocycles. The quantitative estimate of drug-likeness (QED) is 0.815. The number of amides is 1. The first-order chi connectivity index (χ1) is 13.7. The number of piperazine rings is 1.